The van der Waals surface area contributed by atoms with Crippen molar-refractivity contribution in [2.75, 3.05) is 0 Å². The lowest BCUT2D eigenvalue weighted by atomic mass is 9.92. The Bertz CT molecular complexity index is 504. The molecule has 2 N–H and O–H groups in total. The molecule has 2 aromatic rings. The number of rotatable bonds is 3. The summed E-state index contributed by atoms with van der Waals surface area (Å²) in [5, 5.41) is 0. The van der Waals surface area contributed by atoms with Gasteiger partial charge in [0, 0.05) is 0 Å². The number of hydrogen-bond acceptors (Lipinski definition) is 1. The molecule has 0 bridgehead atoms. The lowest BCUT2D eigenvalue weighted by Gasteiger charge is -2.24. The second kappa shape index (κ2) is 4.86. The molecule has 0 aliphatic heterocycles. The van der Waals surface area contributed by atoms with E-state index in [1.54, 1.807) is 12.1 Å². The molecule has 0 radical (unpaired) electrons. The zero-order valence-electron chi connectivity index (χ0n) is 10.1. The van der Waals surface area contributed by atoms with E-state index in [1.807, 2.05) is 42.5 Å². The van der Waals surface area contributed by atoms with E-state index in [2.05, 4.69) is 0 Å². The van der Waals surface area contributed by atoms with E-state index in [0.717, 1.165) is 11.1 Å². The van der Waals surface area contributed by atoms with Gasteiger partial charge in [-0.2, -0.15) is 0 Å². The first-order valence-electron chi connectivity index (χ1n) is 5.75. The van der Waals surface area contributed by atoms with Crippen LogP contribution < -0.4 is 5.73 Å². The molecular formula is C15H15F2N. The van der Waals surface area contributed by atoms with Crippen LogP contribution in [0.4, 0.5) is 8.78 Å². The van der Waals surface area contributed by atoms with Gasteiger partial charge in [-0.25, -0.2) is 8.78 Å². The van der Waals surface area contributed by atoms with Crippen molar-refractivity contribution in [3.63, 3.8) is 0 Å². The molecule has 0 aliphatic carbocycles. The molecule has 3 heteroatoms. The van der Waals surface area contributed by atoms with Crippen LogP contribution in [0.2, 0.25) is 0 Å². The third-order valence-corrected chi connectivity index (χ3v) is 3.07. The summed E-state index contributed by atoms with van der Waals surface area (Å²) in [6, 6.07) is 16.7. The van der Waals surface area contributed by atoms with Gasteiger partial charge in [0.15, 0.2) is 0 Å². The predicted molar refractivity (Wildman–Crippen MR) is 69.4 cm³/mol. The zero-order valence-corrected chi connectivity index (χ0v) is 10.1. The summed E-state index contributed by atoms with van der Waals surface area (Å²) in [4.78, 5) is 0. The second-order valence-electron chi connectivity index (χ2n) is 4.53. The van der Waals surface area contributed by atoms with Gasteiger partial charge in [-0.3, -0.25) is 0 Å². The van der Waals surface area contributed by atoms with E-state index in [4.69, 9.17) is 5.73 Å². The minimum Gasteiger partial charge on any atom is -0.317 e. The fourth-order valence-electron chi connectivity index (χ4n) is 1.78. The van der Waals surface area contributed by atoms with Crippen LogP contribution in [-0.4, -0.2) is 6.43 Å². The van der Waals surface area contributed by atoms with Crippen LogP contribution in [0.3, 0.4) is 0 Å². The smallest absolute Gasteiger partial charge is 0.260 e. The summed E-state index contributed by atoms with van der Waals surface area (Å²) in [5.41, 5.74) is 6.51. The SMILES string of the molecule is CC(N)(c1ccc(-c2ccccc2)cc1)C(F)F. The Labute approximate surface area is 105 Å². The minimum atomic E-state index is -2.58. The van der Waals surface area contributed by atoms with Crippen molar-refractivity contribution in [2.24, 2.45) is 5.73 Å². The van der Waals surface area contributed by atoms with E-state index >= 15 is 0 Å². The molecule has 0 spiro atoms. The van der Waals surface area contributed by atoms with Gasteiger partial charge in [0.1, 0.15) is 0 Å². The average Bonchev–Trinajstić information content (AvgIpc) is 2.40. The highest BCUT2D eigenvalue weighted by Crippen LogP contribution is 2.27. The van der Waals surface area contributed by atoms with Crippen LogP contribution in [0.1, 0.15) is 12.5 Å². The minimum absolute atomic E-state index is 0.442. The van der Waals surface area contributed by atoms with Gasteiger partial charge in [0.25, 0.3) is 6.43 Å². The van der Waals surface area contributed by atoms with E-state index in [9.17, 15) is 8.78 Å². The molecule has 0 amide bonds. The predicted octanol–water partition coefficient (Wildman–Crippen LogP) is 3.79. The zero-order chi connectivity index (χ0) is 13.2. The third kappa shape index (κ3) is 2.41. The maximum atomic E-state index is 12.8. The molecule has 18 heavy (non-hydrogen) atoms. The number of hydrogen-bond donors (Lipinski definition) is 1. The molecule has 0 heterocycles. The topological polar surface area (TPSA) is 26.0 Å². The maximum absolute atomic E-state index is 12.8. The van der Waals surface area contributed by atoms with Crippen LogP contribution in [0, 0.1) is 0 Å². The molecule has 0 aliphatic rings. The largest absolute Gasteiger partial charge is 0.317 e. The van der Waals surface area contributed by atoms with Gasteiger partial charge in [0.05, 0.1) is 5.54 Å². The van der Waals surface area contributed by atoms with Crippen molar-refractivity contribution < 1.29 is 8.78 Å². The lowest BCUT2D eigenvalue weighted by molar-refractivity contribution is 0.0625. The summed E-state index contributed by atoms with van der Waals surface area (Å²) in [5.74, 6) is 0. The Morgan fingerprint density at radius 3 is 1.89 bits per heavy atom. The molecule has 1 atom stereocenters. The molecular weight excluding hydrogens is 232 g/mol. The van der Waals surface area contributed by atoms with Gasteiger partial charge in [0.2, 0.25) is 0 Å². The molecule has 1 unspecified atom stereocenters. The van der Waals surface area contributed by atoms with Gasteiger partial charge < -0.3 is 5.73 Å². The number of alkyl halides is 2. The van der Waals surface area contributed by atoms with Crippen LogP contribution in [0.15, 0.2) is 54.6 Å². The first kappa shape index (κ1) is 12.7. The summed E-state index contributed by atoms with van der Waals surface area (Å²) in [6.07, 6.45) is -2.58. The highest BCUT2D eigenvalue weighted by molar-refractivity contribution is 5.63. The normalized spacial score (nSPS) is 14.5. The fraction of sp³-hybridized carbons (Fsp3) is 0.200. The third-order valence-electron chi connectivity index (χ3n) is 3.07. The van der Waals surface area contributed by atoms with Gasteiger partial charge in [-0.05, 0) is 23.6 Å². The van der Waals surface area contributed by atoms with Crippen molar-refractivity contribution in [1.82, 2.24) is 0 Å². The Morgan fingerprint density at radius 2 is 1.39 bits per heavy atom. The van der Waals surface area contributed by atoms with E-state index < -0.39 is 12.0 Å². The number of halogens is 2. The van der Waals surface area contributed by atoms with Crippen molar-refractivity contribution >= 4 is 0 Å². The molecule has 2 rings (SSSR count). The molecule has 1 nitrogen and oxygen atoms in total. The standard InChI is InChI=1S/C15H15F2N/c1-15(18,14(16)17)13-9-7-12(8-10-13)11-5-3-2-4-6-11/h2-10,14H,18H2,1H3. The average molecular weight is 247 g/mol. The second-order valence-corrected chi connectivity index (χ2v) is 4.53. The summed E-state index contributed by atoms with van der Waals surface area (Å²) in [7, 11) is 0. The quantitative estimate of drug-likeness (QED) is 0.877. The molecule has 0 aromatic heterocycles. The first-order chi connectivity index (χ1) is 8.51. The highest BCUT2D eigenvalue weighted by Gasteiger charge is 2.32. The maximum Gasteiger partial charge on any atom is 0.260 e. The lowest BCUT2D eigenvalue weighted by Crippen LogP contribution is -2.40. The van der Waals surface area contributed by atoms with Crippen molar-refractivity contribution in [3.8, 4) is 11.1 Å². The van der Waals surface area contributed by atoms with E-state index in [0.29, 0.717) is 5.56 Å². The highest BCUT2D eigenvalue weighted by atomic mass is 19.3. The van der Waals surface area contributed by atoms with Crippen LogP contribution in [-0.2, 0) is 5.54 Å². The molecule has 94 valence electrons. The van der Waals surface area contributed by atoms with Crippen LogP contribution in [0.5, 0.6) is 0 Å². The molecule has 0 fully saturated rings. The fourth-order valence-corrected chi connectivity index (χ4v) is 1.78. The van der Waals surface area contributed by atoms with E-state index in [-0.39, 0.29) is 0 Å². The van der Waals surface area contributed by atoms with Crippen molar-refractivity contribution in [3.05, 3.63) is 60.2 Å². The van der Waals surface area contributed by atoms with Crippen molar-refractivity contribution in [2.45, 2.75) is 18.9 Å². The van der Waals surface area contributed by atoms with Crippen LogP contribution in [0.25, 0.3) is 11.1 Å². The van der Waals surface area contributed by atoms with Gasteiger partial charge >= 0.3 is 0 Å². The number of nitrogens with two attached hydrogens (primary N) is 1. The van der Waals surface area contributed by atoms with E-state index in [1.165, 1.54) is 6.92 Å². The Kier molecular flexibility index (Phi) is 3.43. The summed E-state index contributed by atoms with van der Waals surface area (Å²) in [6.45, 7) is 1.34. The molecule has 0 saturated carbocycles. The Hall–Kier alpha value is -1.74. The van der Waals surface area contributed by atoms with Gasteiger partial charge in [-0.15, -0.1) is 0 Å². The van der Waals surface area contributed by atoms with Gasteiger partial charge in [-0.1, -0.05) is 54.6 Å². The Balaban J connectivity index is 2.32. The molecule has 0 saturated heterocycles. The van der Waals surface area contributed by atoms with Crippen molar-refractivity contribution in [1.29, 1.82) is 0 Å². The summed E-state index contributed by atoms with van der Waals surface area (Å²) < 4.78 is 25.6. The molecule has 2 aromatic carbocycles. The Morgan fingerprint density at radius 1 is 0.889 bits per heavy atom. The number of benzene rings is 2. The first-order valence-corrected chi connectivity index (χ1v) is 5.75. The summed E-state index contributed by atoms with van der Waals surface area (Å²) >= 11 is 0. The van der Waals surface area contributed by atoms with Crippen LogP contribution >= 0.6 is 0 Å². The monoisotopic (exact) mass is 247 g/mol.